The summed E-state index contributed by atoms with van der Waals surface area (Å²) in [5.41, 5.74) is 1.65. The van der Waals surface area contributed by atoms with Crippen LogP contribution < -0.4 is 10.9 Å². The van der Waals surface area contributed by atoms with Gasteiger partial charge in [-0.15, -0.1) is 0 Å². The molecule has 2 heterocycles. The molecule has 0 saturated heterocycles. The van der Waals surface area contributed by atoms with Gasteiger partial charge >= 0.3 is 11.6 Å². The lowest BCUT2D eigenvalue weighted by molar-refractivity contribution is -0.145. The molecule has 8 heteroatoms. The topological polar surface area (TPSA) is 112 Å². The van der Waals surface area contributed by atoms with E-state index in [1.54, 1.807) is 24.4 Å². The normalized spacial score (nSPS) is 10.8. The van der Waals surface area contributed by atoms with Crippen molar-refractivity contribution in [3.8, 4) is 11.3 Å². The Morgan fingerprint density at radius 1 is 1.06 bits per heavy atom. The molecule has 0 aliphatic rings. The van der Waals surface area contributed by atoms with Crippen LogP contribution >= 0.6 is 0 Å². The lowest BCUT2D eigenvalue weighted by atomic mass is 10.1. The SMILES string of the molecule is CC(=O)Nc1ccc2c(COC(=O)CCc3ncc(-c4ccccc4)o3)cc(=O)oc2c1. The average molecular weight is 432 g/mol. The van der Waals surface area contributed by atoms with Crippen molar-refractivity contribution in [3.63, 3.8) is 0 Å². The predicted molar refractivity (Wildman–Crippen MR) is 117 cm³/mol. The summed E-state index contributed by atoms with van der Waals surface area (Å²) >= 11 is 0. The van der Waals surface area contributed by atoms with Gasteiger partial charge in [-0.05, 0) is 12.1 Å². The van der Waals surface area contributed by atoms with Crippen LogP contribution in [-0.4, -0.2) is 16.9 Å². The number of amides is 1. The summed E-state index contributed by atoms with van der Waals surface area (Å²) in [6.07, 6.45) is 2.00. The van der Waals surface area contributed by atoms with Crippen molar-refractivity contribution in [1.29, 1.82) is 0 Å². The Morgan fingerprint density at radius 3 is 2.66 bits per heavy atom. The number of carbonyl (C=O) groups is 2. The molecule has 4 rings (SSSR count). The van der Waals surface area contributed by atoms with E-state index < -0.39 is 11.6 Å². The van der Waals surface area contributed by atoms with Gasteiger partial charge in [-0.3, -0.25) is 9.59 Å². The van der Waals surface area contributed by atoms with Crippen LogP contribution in [0.5, 0.6) is 0 Å². The minimum Gasteiger partial charge on any atom is -0.461 e. The van der Waals surface area contributed by atoms with Gasteiger partial charge in [0.15, 0.2) is 11.7 Å². The van der Waals surface area contributed by atoms with E-state index in [0.29, 0.717) is 40.3 Å². The zero-order valence-corrected chi connectivity index (χ0v) is 17.3. The number of fused-ring (bicyclic) bond motifs is 1. The number of oxazole rings is 1. The van der Waals surface area contributed by atoms with E-state index in [9.17, 15) is 14.4 Å². The van der Waals surface area contributed by atoms with E-state index >= 15 is 0 Å². The molecule has 8 nitrogen and oxygen atoms in total. The molecule has 0 unspecified atom stereocenters. The second kappa shape index (κ2) is 9.30. The summed E-state index contributed by atoms with van der Waals surface area (Å²) in [4.78, 5) is 39.6. The Labute approximate surface area is 182 Å². The molecular formula is C24H20N2O6. The molecular weight excluding hydrogens is 412 g/mol. The molecule has 32 heavy (non-hydrogen) atoms. The van der Waals surface area contributed by atoms with Gasteiger partial charge < -0.3 is 18.9 Å². The highest BCUT2D eigenvalue weighted by Gasteiger charge is 2.12. The average Bonchev–Trinajstić information content (AvgIpc) is 3.25. The van der Waals surface area contributed by atoms with Crippen LogP contribution in [0, 0.1) is 0 Å². The molecule has 0 aliphatic carbocycles. The largest absolute Gasteiger partial charge is 0.461 e. The number of anilines is 1. The van der Waals surface area contributed by atoms with Crippen molar-refractivity contribution in [3.05, 3.63) is 82.7 Å². The van der Waals surface area contributed by atoms with E-state index in [1.165, 1.54) is 13.0 Å². The zero-order chi connectivity index (χ0) is 22.5. The van der Waals surface area contributed by atoms with Crippen molar-refractivity contribution in [2.24, 2.45) is 0 Å². The smallest absolute Gasteiger partial charge is 0.336 e. The number of carbonyl (C=O) groups excluding carboxylic acids is 2. The standard InChI is InChI=1S/C24H20N2O6/c1-15(27)26-18-7-8-19-17(11-24(29)32-20(19)12-18)14-30-23(28)10-9-22-25-13-21(31-22)16-5-3-2-4-6-16/h2-8,11-13H,9-10,14H2,1H3,(H,26,27). The van der Waals surface area contributed by atoms with E-state index in [0.717, 1.165) is 5.56 Å². The summed E-state index contributed by atoms with van der Waals surface area (Å²) in [5, 5.41) is 3.25. The van der Waals surface area contributed by atoms with Crippen molar-refractivity contribution in [2.75, 3.05) is 5.32 Å². The molecule has 1 N–H and O–H groups in total. The first-order chi connectivity index (χ1) is 15.5. The predicted octanol–water partition coefficient (Wildman–Crippen LogP) is 4.08. The summed E-state index contributed by atoms with van der Waals surface area (Å²) in [6.45, 7) is 1.30. The van der Waals surface area contributed by atoms with Crippen molar-refractivity contribution in [1.82, 2.24) is 4.98 Å². The molecule has 162 valence electrons. The number of rotatable bonds is 7. The molecule has 1 amide bonds. The van der Waals surface area contributed by atoms with Gasteiger partial charge in [-0.25, -0.2) is 9.78 Å². The number of nitrogens with zero attached hydrogens (tertiary/aromatic N) is 1. The fourth-order valence-electron chi connectivity index (χ4n) is 3.23. The van der Waals surface area contributed by atoms with Gasteiger partial charge in [-0.2, -0.15) is 0 Å². The van der Waals surface area contributed by atoms with Gasteiger partial charge in [0.1, 0.15) is 12.2 Å². The van der Waals surface area contributed by atoms with E-state index in [4.69, 9.17) is 13.6 Å². The van der Waals surface area contributed by atoms with Gasteiger partial charge in [0.05, 0.1) is 12.6 Å². The van der Waals surface area contributed by atoms with Crippen molar-refractivity contribution in [2.45, 2.75) is 26.4 Å². The molecule has 0 atom stereocenters. The fraction of sp³-hybridized carbons (Fsp3) is 0.167. The third-order valence-corrected chi connectivity index (χ3v) is 4.69. The monoisotopic (exact) mass is 432 g/mol. The first-order valence-electron chi connectivity index (χ1n) is 9.98. The van der Waals surface area contributed by atoms with Crippen LogP contribution in [-0.2, 0) is 27.4 Å². The Bertz CT molecular complexity index is 1320. The van der Waals surface area contributed by atoms with Crippen LogP contribution in [0.25, 0.3) is 22.3 Å². The summed E-state index contributed by atoms with van der Waals surface area (Å²) < 4.78 is 16.2. The fourth-order valence-corrected chi connectivity index (χ4v) is 3.23. The molecule has 0 aliphatic heterocycles. The number of hydrogen-bond donors (Lipinski definition) is 1. The third-order valence-electron chi connectivity index (χ3n) is 4.69. The Morgan fingerprint density at radius 2 is 1.88 bits per heavy atom. The number of hydrogen-bond acceptors (Lipinski definition) is 7. The van der Waals surface area contributed by atoms with Crippen LogP contribution in [0.1, 0.15) is 24.8 Å². The van der Waals surface area contributed by atoms with Gasteiger partial charge in [0.2, 0.25) is 5.91 Å². The maximum atomic E-state index is 12.2. The minimum atomic E-state index is -0.572. The van der Waals surface area contributed by atoms with Gasteiger partial charge in [0.25, 0.3) is 0 Å². The zero-order valence-electron chi connectivity index (χ0n) is 17.3. The molecule has 0 fully saturated rings. The van der Waals surface area contributed by atoms with Crippen LogP contribution in [0.4, 0.5) is 5.69 Å². The van der Waals surface area contributed by atoms with Crippen LogP contribution in [0.2, 0.25) is 0 Å². The number of ether oxygens (including phenoxy) is 1. The molecule has 4 aromatic rings. The lowest BCUT2D eigenvalue weighted by Gasteiger charge is -2.08. The van der Waals surface area contributed by atoms with Gasteiger partial charge in [0, 0.05) is 47.7 Å². The molecule has 2 aromatic heterocycles. The Kier molecular flexibility index (Phi) is 6.12. The van der Waals surface area contributed by atoms with Crippen LogP contribution in [0.3, 0.4) is 0 Å². The highest BCUT2D eigenvalue weighted by molar-refractivity contribution is 5.92. The van der Waals surface area contributed by atoms with Gasteiger partial charge in [-0.1, -0.05) is 30.3 Å². The number of esters is 1. The van der Waals surface area contributed by atoms with Crippen molar-refractivity contribution >= 4 is 28.5 Å². The first kappa shape index (κ1) is 21.0. The molecule has 0 saturated carbocycles. The lowest BCUT2D eigenvalue weighted by Crippen LogP contribution is -2.09. The molecule has 0 radical (unpaired) electrons. The second-order valence-electron chi connectivity index (χ2n) is 7.13. The van der Waals surface area contributed by atoms with E-state index in [1.807, 2.05) is 30.3 Å². The number of benzene rings is 2. The Hall–Kier alpha value is -4.20. The van der Waals surface area contributed by atoms with E-state index in [-0.39, 0.29) is 18.9 Å². The molecule has 0 bridgehead atoms. The minimum absolute atomic E-state index is 0.0821. The summed E-state index contributed by atoms with van der Waals surface area (Å²) in [6, 6.07) is 15.8. The highest BCUT2D eigenvalue weighted by Crippen LogP contribution is 2.23. The molecule has 0 spiro atoms. The van der Waals surface area contributed by atoms with E-state index in [2.05, 4.69) is 10.3 Å². The second-order valence-corrected chi connectivity index (χ2v) is 7.13. The maximum Gasteiger partial charge on any atom is 0.336 e. The summed E-state index contributed by atoms with van der Waals surface area (Å²) in [7, 11) is 0. The Balaban J connectivity index is 1.38. The molecule has 2 aromatic carbocycles. The van der Waals surface area contributed by atoms with Crippen LogP contribution in [0.15, 0.2) is 74.4 Å². The van der Waals surface area contributed by atoms with Crippen molar-refractivity contribution < 1.29 is 23.2 Å². The number of nitrogens with one attached hydrogen (secondary N) is 1. The quantitative estimate of drug-likeness (QED) is 0.346. The third kappa shape index (κ3) is 5.10. The first-order valence-corrected chi connectivity index (χ1v) is 9.98. The highest BCUT2D eigenvalue weighted by atomic mass is 16.5. The summed E-state index contributed by atoms with van der Waals surface area (Å²) in [5.74, 6) is 0.395. The number of aryl methyl sites for hydroxylation is 1. The maximum absolute atomic E-state index is 12.2. The number of aromatic nitrogens is 1.